The molecular weight excluding hydrogens is 186 g/mol. The Kier molecular flexibility index (Phi) is 7.71. The molecule has 0 heterocycles. The Morgan fingerprint density at radius 2 is 2.07 bits per heavy atom. The molecular formula is C13H27NO. The van der Waals surface area contributed by atoms with E-state index < -0.39 is 0 Å². The van der Waals surface area contributed by atoms with Crippen molar-refractivity contribution >= 4 is 0 Å². The molecule has 0 radical (unpaired) electrons. The molecule has 0 aliphatic rings. The lowest BCUT2D eigenvalue weighted by atomic mass is 10.1. The standard InChI is InChI=1S/C13H27NO/c1-6-8-9-12(14-10-7-2)11-15-13(3,4)5/h6,12,14H,1,7-11H2,2-5H3. The summed E-state index contributed by atoms with van der Waals surface area (Å²) in [4.78, 5) is 0. The van der Waals surface area contributed by atoms with Gasteiger partial charge in [0.15, 0.2) is 0 Å². The molecule has 0 aromatic heterocycles. The fourth-order valence-corrected chi connectivity index (χ4v) is 1.26. The van der Waals surface area contributed by atoms with Crippen LogP contribution in [-0.2, 0) is 4.74 Å². The van der Waals surface area contributed by atoms with Crippen LogP contribution in [0.1, 0.15) is 47.0 Å². The van der Waals surface area contributed by atoms with Gasteiger partial charge in [-0.25, -0.2) is 0 Å². The molecule has 0 aliphatic heterocycles. The summed E-state index contributed by atoms with van der Waals surface area (Å²) in [6.07, 6.45) is 5.30. The highest BCUT2D eigenvalue weighted by atomic mass is 16.5. The number of ether oxygens (including phenoxy) is 1. The minimum absolute atomic E-state index is 0.0413. The molecule has 0 aromatic rings. The topological polar surface area (TPSA) is 21.3 Å². The maximum absolute atomic E-state index is 5.79. The van der Waals surface area contributed by atoms with E-state index in [4.69, 9.17) is 4.74 Å². The van der Waals surface area contributed by atoms with Gasteiger partial charge >= 0.3 is 0 Å². The zero-order valence-electron chi connectivity index (χ0n) is 10.8. The van der Waals surface area contributed by atoms with Crippen molar-refractivity contribution < 1.29 is 4.74 Å². The molecule has 15 heavy (non-hydrogen) atoms. The Bertz CT molecular complexity index is 160. The number of hydrogen-bond donors (Lipinski definition) is 1. The number of hydrogen-bond acceptors (Lipinski definition) is 2. The Balaban J connectivity index is 3.83. The molecule has 2 nitrogen and oxygen atoms in total. The summed E-state index contributed by atoms with van der Waals surface area (Å²) in [7, 11) is 0. The number of rotatable bonds is 8. The van der Waals surface area contributed by atoms with Crippen LogP contribution in [0.15, 0.2) is 12.7 Å². The summed E-state index contributed by atoms with van der Waals surface area (Å²) in [5.74, 6) is 0. The number of nitrogens with one attached hydrogen (secondary N) is 1. The summed E-state index contributed by atoms with van der Waals surface area (Å²) >= 11 is 0. The molecule has 0 aliphatic carbocycles. The predicted octanol–water partition coefficient (Wildman–Crippen LogP) is 3.14. The van der Waals surface area contributed by atoms with Crippen molar-refractivity contribution in [3.63, 3.8) is 0 Å². The van der Waals surface area contributed by atoms with E-state index >= 15 is 0 Å². The highest BCUT2D eigenvalue weighted by Gasteiger charge is 2.14. The minimum atomic E-state index is -0.0413. The predicted molar refractivity (Wildman–Crippen MR) is 67.2 cm³/mol. The lowest BCUT2D eigenvalue weighted by Gasteiger charge is -2.25. The van der Waals surface area contributed by atoms with E-state index in [9.17, 15) is 0 Å². The van der Waals surface area contributed by atoms with E-state index in [0.29, 0.717) is 6.04 Å². The maximum atomic E-state index is 5.79. The van der Waals surface area contributed by atoms with E-state index in [-0.39, 0.29) is 5.60 Å². The normalized spacial score (nSPS) is 13.9. The Labute approximate surface area is 95.1 Å². The lowest BCUT2D eigenvalue weighted by molar-refractivity contribution is -0.0152. The largest absolute Gasteiger partial charge is 0.374 e. The van der Waals surface area contributed by atoms with Gasteiger partial charge in [-0.15, -0.1) is 6.58 Å². The van der Waals surface area contributed by atoms with Crippen molar-refractivity contribution in [1.29, 1.82) is 0 Å². The van der Waals surface area contributed by atoms with Gasteiger partial charge in [-0.1, -0.05) is 13.0 Å². The van der Waals surface area contributed by atoms with Gasteiger partial charge in [0.25, 0.3) is 0 Å². The van der Waals surface area contributed by atoms with Crippen LogP contribution in [0.2, 0.25) is 0 Å². The second-order valence-corrected chi connectivity index (χ2v) is 4.94. The van der Waals surface area contributed by atoms with Crippen LogP contribution in [0.25, 0.3) is 0 Å². The van der Waals surface area contributed by atoms with Crippen LogP contribution < -0.4 is 5.32 Å². The first-order valence-corrected chi connectivity index (χ1v) is 5.98. The molecule has 0 spiro atoms. The Hall–Kier alpha value is -0.340. The van der Waals surface area contributed by atoms with Crippen molar-refractivity contribution in [2.45, 2.75) is 58.6 Å². The molecule has 0 saturated heterocycles. The number of allylic oxidation sites excluding steroid dienone is 1. The summed E-state index contributed by atoms with van der Waals surface area (Å²) in [5.41, 5.74) is -0.0413. The Morgan fingerprint density at radius 3 is 2.53 bits per heavy atom. The van der Waals surface area contributed by atoms with E-state index in [0.717, 1.165) is 26.0 Å². The molecule has 2 heteroatoms. The molecule has 0 amide bonds. The minimum Gasteiger partial charge on any atom is -0.374 e. The third kappa shape index (κ3) is 9.95. The van der Waals surface area contributed by atoms with Gasteiger partial charge in [0.05, 0.1) is 12.2 Å². The summed E-state index contributed by atoms with van der Waals surface area (Å²) in [6.45, 7) is 14.1. The second-order valence-electron chi connectivity index (χ2n) is 4.94. The fraction of sp³-hybridized carbons (Fsp3) is 0.846. The summed E-state index contributed by atoms with van der Waals surface area (Å²) in [6, 6.07) is 0.460. The van der Waals surface area contributed by atoms with E-state index in [2.05, 4.69) is 39.6 Å². The van der Waals surface area contributed by atoms with Crippen LogP contribution in [0.5, 0.6) is 0 Å². The molecule has 1 unspecified atom stereocenters. The smallest absolute Gasteiger partial charge is 0.0626 e. The molecule has 0 saturated carbocycles. The van der Waals surface area contributed by atoms with Gasteiger partial charge in [-0.2, -0.15) is 0 Å². The molecule has 0 rings (SSSR count). The van der Waals surface area contributed by atoms with Gasteiger partial charge in [0, 0.05) is 6.04 Å². The van der Waals surface area contributed by atoms with Gasteiger partial charge in [0.2, 0.25) is 0 Å². The van der Waals surface area contributed by atoms with Gasteiger partial charge in [0.1, 0.15) is 0 Å². The van der Waals surface area contributed by atoms with E-state index in [1.165, 1.54) is 6.42 Å². The Morgan fingerprint density at radius 1 is 1.40 bits per heavy atom. The molecule has 0 fully saturated rings. The fourth-order valence-electron chi connectivity index (χ4n) is 1.26. The van der Waals surface area contributed by atoms with Gasteiger partial charge in [-0.05, 0) is 46.6 Å². The lowest BCUT2D eigenvalue weighted by Crippen LogP contribution is -2.37. The van der Waals surface area contributed by atoms with Gasteiger partial charge in [-0.3, -0.25) is 0 Å². The van der Waals surface area contributed by atoms with Crippen molar-refractivity contribution in [3.05, 3.63) is 12.7 Å². The molecule has 0 bridgehead atoms. The van der Waals surface area contributed by atoms with Crippen molar-refractivity contribution in [3.8, 4) is 0 Å². The molecule has 1 atom stereocenters. The zero-order valence-corrected chi connectivity index (χ0v) is 10.8. The average Bonchev–Trinajstić information content (AvgIpc) is 2.15. The third-order valence-corrected chi connectivity index (χ3v) is 2.12. The maximum Gasteiger partial charge on any atom is 0.0626 e. The highest BCUT2D eigenvalue weighted by molar-refractivity contribution is 4.74. The molecule has 90 valence electrons. The van der Waals surface area contributed by atoms with Crippen LogP contribution in [0, 0.1) is 0 Å². The third-order valence-electron chi connectivity index (χ3n) is 2.12. The van der Waals surface area contributed by atoms with Crippen molar-refractivity contribution in [1.82, 2.24) is 5.32 Å². The second kappa shape index (κ2) is 7.89. The quantitative estimate of drug-likeness (QED) is 0.625. The summed E-state index contributed by atoms with van der Waals surface area (Å²) in [5, 5.41) is 3.50. The van der Waals surface area contributed by atoms with Crippen LogP contribution in [-0.4, -0.2) is 24.8 Å². The van der Waals surface area contributed by atoms with Crippen LogP contribution in [0.3, 0.4) is 0 Å². The van der Waals surface area contributed by atoms with Crippen LogP contribution in [0.4, 0.5) is 0 Å². The van der Waals surface area contributed by atoms with Crippen molar-refractivity contribution in [2.24, 2.45) is 0 Å². The van der Waals surface area contributed by atoms with Crippen LogP contribution >= 0.6 is 0 Å². The zero-order chi connectivity index (χ0) is 11.7. The van der Waals surface area contributed by atoms with Crippen molar-refractivity contribution in [2.75, 3.05) is 13.2 Å². The summed E-state index contributed by atoms with van der Waals surface area (Å²) < 4.78 is 5.79. The first-order chi connectivity index (χ1) is 6.99. The van der Waals surface area contributed by atoms with E-state index in [1.807, 2.05) is 6.08 Å². The van der Waals surface area contributed by atoms with Gasteiger partial charge < -0.3 is 10.1 Å². The molecule has 0 aromatic carbocycles. The SMILES string of the molecule is C=CCCC(COC(C)(C)C)NCCC. The average molecular weight is 213 g/mol. The monoisotopic (exact) mass is 213 g/mol. The molecule has 1 N–H and O–H groups in total. The highest BCUT2D eigenvalue weighted by Crippen LogP contribution is 2.09. The van der Waals surface area contributed by atoms with E-state index in [1.54, 1.807) is 0 Å². The first-order valence-electron chi connectivity index (χ1n) is 5.98. The first kappa shape index (κ1) is 14.7.